The molecule has 1 saturated carbocycles. The van der Waals surface area contributed by atoms with Crippen molar-refractivity contribution < 1.29 is 33.4 Å². The first-order valence-electron chi connectivity index (χ1n) is 11.6. The maximum absolute atomic E-state index is 12.9. The molecule has 3 rings (SSSR count). The Morgan fingerprint density at radius 1 is 1.06 bits per heavy atom. The van der Waals surface area contributed by atoms with Gasteiger partial charge in [0.15, 0.2) is 6.61 Å². The molecule has 0 radical (unpaired) electrons. The topological polar surface area (TPSA) is 122 Å². The van der Waals surface area contributed by atoms with E-state index in [2.05, 4.69) is 12.2 Å². The monoisotopic (exact) mass is 473 g/mol. The smallest absolute Gasteiger partial charge is 0.326 e. The first-order valence-corrected chi connectivity index (χ1v) is 11.6. The second kappa shape index (κ2) is 11.1. The van der Waals surface area contributed by atoms with Crippen LogP contribution in [0.1, 0.15) is 46.0 Å². The first kappa shape index (κ1) is 25.2. The number of imide groups is 1. The van der Waals surface area contributed by atoms with Crippen molar-refractivity contribution >= 4 is 35.5 Å². The van der Waals surface area contributed by atoms with E-state index < -0.39 is 48.5 Å². The van der Waals surface area contributed by atoms with Crippen LogP contribution in [0.4, 0.5) is 10.5 Å². The second-order valence-corrected chi connectivity index (χ2v) is 8.54. The normalized spacial score (nSPS) is 21.8. The lowest BCUT2D eigenvalue weighted by Gasteiger charge is -2.34. The Balaban J connectivity index is 1.57. The number of carbonyl (C=O) groups is 5. The van der Waals surface area contributed by atoms with Gasteiger partial charge >= 0.3 is 18.0 Å². The van der Waals surface area contributed by atoms with Crippen LogP contribution in [0.3, 0.4) is 0 Å². The summed E-state index contributed by atoms with van der Waals surface area (Å²) >= 11 is 0. The lowest BCUT2D eigenvalue weighted by Crippen LogP contribution is -2.49. The van der Waals surface area contributed by atoms with Gasteiger partial charge in [0.2, 0.25) is 0 Å². The summed E-state index contributed by atoms with van der Waals surface area (Å²) in [6.45, 7) is 2.34. The molecule has 2 aliphatic rings. The third-order valence-electron chi connectivity index (χ3n) is 6.39. The summed E-state index contributed by atoms with van der Waals surface area (Å²) in [6, 6.07) is 7.81. The molecule has 1 heterocycles. The summed E-state index contributed by atoms with van der Waals surface area (Å²) in [4.78, 5) is 64.4. The van der Waals surface area contributed by atoms with Crippen LogP contribution in [0.15, 0.2) is 30.3 Å². The molecule has 1 aromatic carbocycles. The molecule has 0 unspecified atom stereocenters. The maximum atomic E-state index is 12.9. The number of para-hydroxylation sites is 1. The average molecular weight is 474 g/mol. The number of nitrogens with one attached hydrogen (secondary N) is 1. The number of benzene rings is 1. The Labute approximate surface area is 198 Å². The van der Waals surface area contributed by atoms with Gasteiger partial charge in [-0.25, -0.2) is 4.79 Å². The van der Waals surface area contributed by atoms with Gasteiger partial charge in [-0.15, -0.1) is 0 Å². The molecule has 1 saturated heterocycles. The summed E-state index contributed by atoms with van der Waals surface area (Å²) in [5, 5.41) is 2.76. The predicted molar refractivity (Wildman–Crippen MR) is 122 cm³/mol. The Kier molecular flexibility index (Phi) is 8.25. The molecule has 1 N–H and O–H groups in total. The highest BCUT2D eigenvalue weighted by atomic mass is 16.5. The van der Waals surface area contributed by atoms with Crippen molar-refractivity contribution in [2.24, 2.45) is 5.92 Å². The Bertz CT molecular complexity index is 926. The highest BCUT2D eigenvalue weighted by Crippen LogP contribution is 2.37. The third kappa shape index (κ3) is 5.73. The fourth-order valence-corrected chi connectivity index (χ4v) is 4.40. The fraction of sp³-hybridized carbons (Fsp3) is 0.542. The Morgan fingerprint density at radius 2 is 1.74 bits per heavy atom. The molecule has 1 spiro atoms. The van der Waals surface area contributed by atoms with Crippen LogP contribution in [0.5, 0.6) is 0 Å². The van der Waals surface area contributed by atoms with Crippen LogP contribution in [-0.2, 0) is 28.7 Å². The van der Waals surface area contributed by atoms with Crippen LogP contribution < -0.4 is 10.2 Å². The molecule has 1 aromatic rings. The molecule has 10 heteroatoms. The number of carbonyl (C=O) groups excluding carboxylic acids is 5. The van der Waals surface area contributed by atoms with E-state index in [9.17, 15) is 24.0 Å². The summed E-state index contributed by atoms with van der Waals surface area (Å²) in [5.74, 6) is -2.03. The number of ether oxygens (including phenoxy) is 2. The van der Waals surface area contributed by atoms with Crippen LogP contribution in [-0.4, -0.2) is 66.5 Å². The average Bonchev–Trinajstić information content (AvgIpc) is 3.06. The maximum Gasteiger partial charge on any atom is 0.326 e. The molecule has 1 aliphatic carbocycles. The van der Waals surface area contributed by atoms with Crippen LogP contribution >= 0.6 is 0 Å². The van der Waals surface area contributed by atoms with Crippen molar-refractivity contribution in [1.29, 1.82) is 0 Å². The van der Waals surface area contributed by atoms with Crippen LogP contribution in [0.25, 0.3) is 0 Å². The van der Waals surface area contributed by atoms with Crippen LogP contribution in [0, 0.1) is 5.92 Å². The van der Waals surface area contributed by atoms with Gasteiger partial charge in [0.25, 0.3) is 11.8 Å². The molecule has 184 valence electrons. The lowest BCUT2D eigenvalue weighted by atomic mass is 9.75. The van der Waals surface area contributed by atoms with Gasteiger partial charge in [0.05, 0.1) is 6.61 Å². The third-order valence-corrected chi connectivity index (χ3v) is 6.39. The van der Waals surface area contributed by atoms with Crippen molar-refractivity contribution in [2.45, 2.75) is 51.5 Å². The lowest BCUT2D eigenvalue weighted by molar-refractivity contribution is -0.151. The number of rotatable bonds is 9. The predicted octanol–water partition coefficient (Wildman–Crippen LogP) is 2.02. The number of anilines is 1. The molecular weight excluding hydrogens is 442 g/mol. The molecule has 0 aromatic heterocycles. The zero-order valence-corrected chi connectivity index (χ0v) is 19.6. The van der Waals surface area contributed by atoms with Gasteiger partial charge in [-0.2, -0.15) is 0 Å². The Morgan fingerprint density at radius 3 is 2.35 bits per heavy atom. The first-order chi connectivity index (χ1) is 16.3. The number of hydrogen-bond donors (Lipinski definition) is 1. The van der Waals surface area contributed by atoms with E-state index in [4.69, 9.17) is 9.47 Å². The summed E-state index contributed by atoms with van der Waals surface area (Å²) < 4.78 is 9.98. The number of esters is 2. The number of nitrogens with zero attached hydrogens (tertiary/aromatic N) is 2. The fourth-order valence-electron chi connectivity index (χ4n) is 4.40. The quantitative estimate of drug-likeness (QED) is 0.430. The van der Waals surface area contributed by atoms with E-state index in [1.807, 2.05) is 0 Å². The minimum absolute atomic E-state index is 0.164. The van der Waals surface area contributed by atoms with Crippen molar-refractivity contribution in [3.63, 3.8) is 0 Å². The molecule has 10 nitrogen and oxygen atoms in total. The molecule has 34 heavy (non-hydrogen) atoms. The van der Waals surface area contributed by atoms with E-state index in [-0.39, 0.29) is 13.2 Å². The summed E-state index contributed by atoms with van der Waals surface area (Å²) in [5.41, 5.74) is -0.516. The van der Waals surface area contributed by atoms with Gasteiger partial charge in [-0.05, 0) is 50.7 Å². The number of urea groups is 1. The van der Waals surface area contributed by atoms with E-state index in [1.54, 1.807) is 37.3 Å². The van der Waals surface area contributed by atoms with E-state index in [1.165, 1.54) is 0 Å². The molecule has 0 bridgehead atoms. The van der Waals surface area contributed by atoms with Crippen LogP contribution in [0.2, 0.25) is 0 Å². The van der Waals surface area contributed by atoms with Gasteiger partial charge in [-0.3, -0.25) is 29.0 Å². The number of hydrogen-bond acceptors (Lipinski definition) is 7. The van der Waals surface area contributed by atoms with Crippen molar-refractivity contribution in [1.82, 2.24) is 10.2 Å². The van der Waals surface area contributed by atoms with Crippen molar-refractivity contribution in [3.05, 3.63) is 30.3 Å². The van der Waals surface area contributed by atoms with E-state index in [0.717, 1.165) is 29.1 Å². The molecule has 0 atom stereocenters. The Hall–Kier alpha value is -3.43. The standard InChI is InChI=1S/C24H31N3O7/c1-3-17-10-12-24(13-11-17)22(31)27(23(32)25-24)15-21(30)34-16-19(28)26(14-20(29)33-4-2)18-8-6-5-7-9-18/h5-9,17H,3-4,10-16H2,1-2H3,(H,25,32). The van der Waals surface area contributed by atoms with Gasteiger partial charge in [-0.1, -0.05) is 31.5 Å². The highest BCUT2D eigenvalue weighted by Gasteiger charge is 2.52. The zero-order chi connectivity index (χ0) is 24.7. The highest BCUT2D eigenvalue weighted by molar-refractivity contribution is 6.09. The minimum Gasteiger partial charge on any atom is -0.465 e. The largest absolute Gasteiger partial charge is 0.465 e. The van der Waals surface area contributed by atoms with Crippen molar-refractivity contribution in [2.75, 3.05) is 31.2 Å². The van der Waals surface area contributed by atoms with Gasteiger partial charge in [0, 0.05) is 5.69 Å². The van der Waals surface area contributed by atoms with Crippen molar-refractivity contribution in [3.8, 4) is 0 Å². The molecule has 1 aliphatic heterocycles. The van der Waals surface area contributed by atoms with E-state index in [0.29, 0.717) is 24.4 Å². The molecule has 4 amide bonds. The SMILES string of the molecule is CCOC(=O)CN(C(=O)COC(=O)CN1C(=O)NC2(CCC(CC)CC2)C1=O)c1ccccc1. The molecule has 2 fully saturated rings. The van der Waals surface area contributed by atoms with E-state index >= 15 is 0 Å². The molecular formula is C24H31N3O7. The minimum atomic E-state index is -0.956. The number of amides is 4. The summed E-state index contributed by atoms with van der Waals surface area (Å²) in [6.07, 6.45) is 3.79. The summed E-state index contributed by atoms with van der Waals surface area (Å²) in [7, 11) is 0. The van der Waals surface area contributed by atoms with Gasteiger partial charge < -0.3 is 14.8 Å². The second-order valence-electron chi connectivity index (χ2n) is 8.54. The zero-order valence-electron chi connectivity index (χ0n) is 19.6. The van der Waals surface area contributed by atoms with Gasteiger partial charge in [0.1, 0.15) is 18.6 Å².